The van der Waals surface area contributed by atoms with E-state index in [1.807, 2.05) is 41.5 Å². The molecular formula is C13H25NO3. The van der Waals surface area contributed by atoms with E-state index in [2.05, 4.69) is 5.32 Å². The summed E-state index contributed by atoms with van der Waals surface area (Å²) in [6, 6.07) is 0. The van der Waals surface area contributed by atoms with Crippen LogP contribution in [0, 0.1) is 11.8 Å². The van der Waals surface area contributed by atoms with Gasteiger partial charge in [-0.3, -0.25) is 4.79 Å². The van der Waals surface area contributed by atoms with E-state index < -0.39 is 11.7 Å². The second-order valence-corrected chi connectivity index (χ2v) is 5.55. The zero-order chi connectivity index (χ0) is 13.6. The van der Waals surface area contributed by atoms with Crippen LogP contribution in [-0.2, 0) is 9.53 Å². The Bertz CT molecular complexity index is 266. The molecule has 0 fully saturated rings. The number of hydrogen-bond acceptors (Lipinski definition) is 3. The van der Waals surface area contributed by atoms with Crippen LogP contribution in [0.15, 0.2) is 0 Å². The zero-order valence-electron chi connectivity index (χ0n) is 11.8. The van der Waals surface area contributed by atoms with Crippen LogP contribution in [0.3, 0.4) is 0 Å². The number of ether oxygens (including phenoxy) is 1. The molecule has 0 aliphatic carbocycles. The monoisotopic (exact) mass is 243 g/mol. The van der Waals surface area contributed by atoms with E-state index in [0.717, 1.165) is 0 Å². The molecule has 4 nitrogen and oxygen atoms in total. The lowest BCUT2D eigenvalue weighted by Crippen LogP contribution is -2.38. The van der Waals surface area contributed by atoms with Gasteiger partial charge in [0.1, 0.15) is 11.4 Å². The molecule has 0 bridgehead atoms. The number of carbonyl (C=O) groups excluding carboxylic acids is 2. The first-order chi connectivity index (χ1) is 7.67. The van der Waals surface area contributed by atoms with Crippen LogP contribution >= 0.6 is 0 Å². The maximum Gasteiger partial charge on any atom is 0.407 e. The van der Waals surface area contributed by atoms with E-state index in [1.165, 1.54) is 0 Å². The van der Waals surface area contributed by atoms with Gasteiger partial charge in [0.2, 0.25) is 0 Å². The molecule has 0 saturated heterocycles. The van der Waals surface area contributed by atoms with E-state index in [0.29, 0.717) is 13.0 Å². The van der Waals surface area contributed by atoms with E-state index in [-0.39, 0.29) is 17.6 Å². The molecule has 1 N–H and O–H groups in total. The molecule has 1 amide bonds. The van der Waals surface area contributed by atoms with Gasteiger partial charge in [0.05, 0.1) is 0 Å². The Labute approximate surface area is 104 Å². The topological polar surface area (TPSA) is 55.4 Å². The maximum absolute atomic E-state index is 11.7. The van der Waals surface area contributed by atoms with Crippen LogP contribution in [0.5, 0.6) is 0 Å². The van der Waals surface area contributed by atoms with Gasteiger partial charge < -0.3 is 10.1 Å². The fourth-order valence-electron chi connectivity index (χ4n) is 1.49. The number of nitrogens with one attached hydrogen (secondary N) is 1. The molecule has 0 unspecified atom stereocenters. The predicted octanol–water partition coefficient (Wildman–Crippen LogP) is 2.76. The van der Waals surface area contributed by atoms with Crippen LogP contribution in [0.1, 0.15) is 48.0 Å². The second kappa shape index (κ2) is 6.62. The van der Waals surface area contributed by atoms with Crippen molar-refractivity contribution in [2.75, 3.05) is 6.54 Å². The SMILES string of the molecule is CCC(=O)[C@@H](CNC(=O)OC(C)(C)C)C(C)C. The molecule has 0 spiro atoms. The lowest BCUT2D eigenvalue weighted by Gasteiger charge is -2.23. The molecular weight excluding hydrogens is 218 g/mol. The van der Waals surface area contributed by atoms with E-state index in [1.54, 1.807) is 0 Å². The van der Waals surface area contributed by atoms with Crippen molar-refractivity contribution in [2.45, 2.75) is 53.6 Å². The molecule has 0 radical (unpaired) electrons. The van der Waals surface area contributed by atoms with Gasteiger partial charge >= 0.3 is 6.09 Å². The summed E-state index contributed by atoms with van der Waals surface area (Å²) >= 11 is 0. The molecule has 0 saturated carbocycles. The highest BCUT2D eigenvalue weighted by Crippen LogP contribution is 2.13. The number of rotatable bonds is 5. The fourth-order valence-corrected chi connectivity index (χ4v) is 1.49. The number of ketones is 1. The average Bonchev–Trinajstić information content (AvgIpc) is 2.14. The Morgan fingerprint density at radius 2 is 1.76 bits per heavy atom. The molecule has 0 aromatic carbocycles. The number of alkyl carbamates (subject to hydrolysis) is 1. The quantitative estimate of drug-likeness (QED) is 0.807. The van der Waals surface area contributed by atoms with Gasteiger partial charge in [-0.1, -0.05) is 20.8 Å². The summed E-state index contributed by atoms with van der Waals surface area (Å²) in [5, 5.41) is 2.65. The zero-order valence-corrected chi connectivity index (χ0v) is 11.8. The van der Waals surface area contributed by atoms with Crippen LogP contribution < -0.4 is 5.32 Å². The van der Waals surface area contributed by atoms with Gasteiger partial charge in [0.15, 0.2) is 0 Å². The molecule has 0 rings (SSSR count). The van der Waals surface area contributed by atoms with Gasteiger partial charge in [0.25, 0.3) is 0 Å². The van der Waals surface area contributed by atoms with Crippen molar-refractivity contribution in [2.24, 2.45) is 11.8 Å². The highest BCUT2D eigenvalue weighted by Gasteiger charge is 2.22. The molecule has 4 heteroatoms. The summed E-state index contributed by atoms with van der Waals surface area (Å²) in [5.74, 6) is 0.265. The molecule has 0 aromatic heterocycles. The van der Waals surface area contributed by atoms with E-state index >= 15 is 0 Å². The number of amides is 1. The predicted molar refractivity (Wildman–Crippen MR) is 67.9 cm³/mol. The first-order valence-corrected chi connectivity index (χ1v) is 6.17. The fraction of sp³-hybridized carbons (Fsp3) is 0.846. The molecule has 0 heterocycles. The Morgan fingerprint density at radius 3 is 2.12 bits per heavy atom. The van der Waals surface area contributed by atoms with Crippen molar-refractivity contribution in [1.82, 2.24) is 5.32 Å². The molecule has 0 aliphatic rings. The Hall–Kier alpha value is -1.06. The summed E-state index contributed by atoms with van der Waals surface area (Å²) in [4.78, 5) is 23.1. The second-order valence-electron chi connectivity index (χ2n) is 5.55. The van der Waals surface area contributed by atoms with Crippen molar-refractivity contribution >= 4 is 11.9 Å². The van der Waals surface area contributed by atoms with Gasteiger partial charge in [-0.15, -0.1) is 0 Å². The van der Waals surface area contributed by atoms with Crippen LogP contribution in [0.25, 0.3) is 0 Å². The van der Waals surface area contributed by atoms with Crippen molar-refractivity contribution in [1.29, 1.82) is 0 Å². The molecule has 100 valence electrons. The average molecular weight is 243 g/mol. The van der Waals surface area contributed by atoms with Crippen molar-refractivity contribution < 1.29 is 14.3 Å². The summed E-state index contributed by atoms with van der Waals surface area (Å²) in [7, 11) is 0. The standard InChI is InChI=1S/C13H25NO3/c1-7-11(15)10(9(2)3)8-14-12(16)17-13(4,5)6/h9-10H,7-8H2,1-6H3,(H,14,16)/t10-/m0/s1. The Kier molecular flexibility index (Phi) is 6.21. The Morgan fingerprint density at radius 1 is 1.24 bits per heavy atom. The molecule has 0 aromatic rings. The molecule has 1 atom stereocenters. The number of hydrogen-bond donors (Lipinski definition) is 1. The van der Waals surface area contributed by atoms with Gasteiger partial charge in [0, 0.05) is 18.9 Å². The summed E-state index contributed by atoms with van der Waals surface area (Å²) < 4.78 is 5.12. The summed E-state index contributed by atoms with van der Waals surface area (Å²) in [5.41, 5.74) is -0.508. The lowest BCUT2D eigenvalue weighted by atomic mass is 9.90. The third-order valence-corrected chi connectivity index (χ3v) is 2.43. The third-order valence-electron chi connectivity index (χ3n) is 2.43. The van der Waals surface area contributed by atoms with Crippen molar-refractivity contribution in [3.63, 3.8) is 0 Å². The molecule has 0 aliphatic heterocycles. The third kappa shape index (κ3) is 6.97. The highest BCUT2D eigenvalue weighted by atomic mass is 16.6. The Balaban J connectivity index is 4.23. The van der Waals surface area contributed by atoms with E-state index in [4.69, 9.17) is 4.74 Å². The molecule has 17 heavy (non-hydrogen) atoms. The summed E-state index contributed by atoms with van der Waals surface area (Å²) in [6.07, 6.45) is 0.0332. The van der Waals surface area contributed by atoms with Gasteiger partial charge in [-0.25, -0.2) is 4.79 Å². The lowest BCUT2D eigenvalue weighted by molar-refractivity contribution is -0.123. The summed E-state index contributed by atoms with van der Waals surface area (Å²) in [6.45, 7) is 11.6. The van der Waals surface area contributed by atoms with Gasteiger partial charge in [-0.05, 0) is 26.7 Å². The number of carbonyl (C=O) groups is 2. The van der Waals surface area contributed by atoms with Crippen LogP contribution in [-0.4, -0.2) is 24.0 Å². The minimum Gasteiger partial charge on any atom is -0.444 e. The van der Waals surface area contributed by atoms with Crippen molar-refractivity contribution in [3.8, 4) is 0 Å². The van der Waals surface area contributed by atoms with Crippen LogP contribution in [0.2, 0.25) is 0 Å². The maximum atomic E-state index is 11.7. The number of Topliss-reactive ketones (excluding diaryl/α,β-unsaturated/α-hetero) is 1. The van der Waals surface area contributed by atoms with Crippen molar-refractivity contribution in [3.05, 3.63) is 0 Å². The smallest absolute Gasteiger partial charge is 0.407 e. The highest BCUT2D eigenvalue weighted by molar-refractivity contribution is 5.81. The minimum absolute atomic E-state index is 0.132. The minimum atomic E-state index is -0.508. The normalized spacial score (nSPS) is 13.4. The van der Waals surface area contributed by atoms with Gasteiger partial charge in [-0.2, -0.15) is 0 Å². The first kappa shape index (κ1) is 15.9. The van der Waals surface area contributed by atoms with E-state index in [9.17, 15) is 9.59 Å². The largest absolute Gasteiger partial charge is 0.444 e. The first-order valence-electron chi connectivity index (χ1n) is 6.17. The van der Waals surface area contributed by atoms with Crippen LogP contribution in [0.4, 0.5) is 4.79 Å².